The van der Waals surface area contributed by atoms with Crippen LogP contribution >= 0.6 is 0 Å². The van der Waals surface area contributed by atoms with Crippen molar-refractivity contribution in [1.29, 1.82) is 0 Å². The Morgan fingerprint density at radius 1 is 1.44 bits per heavy atom. The van der Waals surface area contributed by atoms with Crippen LogP contribution in [-0.4, -0.2) is 68.8 Å². The van der Waals surface area contributed by atoms with E-state index >= 15 is 0 Å². The number of likely N-dealkylation sites (tertiary alicyclic amines) is 1. The van der Waals surface area contributed by atoms with Crippen molar-refractivity contribution in [3.63, 3.8) is 0 Å². The van der Waals surface area contributed by atoms with E-state index in [0.29, 0.717) is 26.2 Å². The SMILES string of the molecule is COCCN1CCC(C(=O)NO)(S(C)(=O)=O)CC1. The first kappa shape index (κ1) is 15.4. The molecule has 18 heavy (non-hydrogen) atoms. The average molecular weight is 280 g/mol. The zero-order chi connectivity index (χ0) is 13.8. The monoisotopic (exact) mass is 280 g/mol. The molecule has 0 aliphatic carbocycles. The van der Waals surface area contributed by atoms with E-state index in [1.54, 1.807) is 7.11 Å². The van der Waals surface area contributed by atoms with Crippen LogP contribution in [0.1, 0.15) is 12.8 Å². The van der Waals surface area contributed by atoms with Gasteiger partial charge in [-0.05, 0) is 12.8 Å². The first-order chi connectivity index (χ1) is 8.37. The van der Waals surface area contributed by atoms with Gasteiger partial charge in [0.15, 0.2) is 14.6 Å². The maximum atomic E-state index is 11.8. The van der Waals surface area contributed by atoms with Crippen molar-refractivity contribution in [1.82, 2.24) is 10.4 Å². The summed E-state index contributed by atoms with van der Waals surface area (Å²) in [5.74, 6) is -0.837. The van der Waals surface area contributed by atoms with Gasteiger partial charge in [-0.25, -0.2) is 13.9 Å². The van der Waals surface area contributed by atoms with Gasteiger partial charge in [0.2, 0.25) is 0 Å². The van der Waals surface area contributed by atoms with Gasteiger partial charge in [-0.15, -0.1) is 0 Å². The Morgan fingerprint density at radius 2 is 2.00 bits per heavy atom. The third kappa shape index (κ3) is 3.00. The molecule has 0 aromatic rings. The van der Waals surface area contributed by atoms with Gasteiger partial charge in [-0.2, -0.15) is 0 Å². The van der Waals surface area contributed by atoms with Crippen LogP contribution in [0.4, 0.5) is 0 Å². The van der Waals surface area contributed by atoms with E-state index in [-0.39, 0.29) is 12.8 Å². The molecule has 1 aliphatic rings. The van der Waals surface area contributed by atoms with Gasteiger partial charge >= 0.3 is 0 Å². The molecule has 1 heterocycles. The molecule has 1 aliphatic heterocycles. The Balaban J connectivity index is 2.78. The first-order valence-electron chi connectivity index (χ1n) is 5.73. The fourth-order valence-corrected chi connectivity index (χ4v) is 3.53. The molecule has 1 rings (SSSR count). The molecule has 2 N–H and O–H groups in total. The molecule has 0 spiro atoms. The molecule has 0 atom stereocenters. The molecular formula is C10H20N2O5S. The Bertz CT molecular complexity index is 387. The molecule has 8 heteroatoms. The number of methoxy groups -OCH3 is 1. The van der Waals surface area contributed by atoms with Crippen molar-refractivity contribution >= 4 is 15.7 Å². The van der Waals surface area contributed by atoms with E-state index in [4.69, 9.17) is 9.94 Å². The van der Waals surface area contributed by atoms with Crippen LogP contribution < -0.4 is 5.48 Å². The van der Waals surface area contributed by atoms with Gasteiger partial charge in [-0.1, -0.05) is 0 Å². The highest BCUT2D eigenvalue weighted by molar-refractivity contribution is 7.92. The average Bonchev–Trinajstić information content (AvgIpc) is 2.34. The summed E-state index contributed by atoms with van der Waals surface area (Å²) >= 11 is 0. The van der Waals surface area contributed by atoms with Gasteiger partial charge in [0.1, 0.15) is 0 Å². The maximum Gasteiger partial charge on any atom is 0.264 e. The number of piperidine rings is 1. The molecule has 1 fully saturated rings. The number of nitrogens with zero attached hydrogens (tertiary/aromatic N) is 1. The molecule has 0 aromatic carbocycles. The lowest BCUT2D eigenvalue weighted by atomic mass is 9.95. The van der Waals surface area contributed by atoms with E-state index in [2.05, 4.69) is 0 Å². The molecule has 0 saturated carbocycles. The van der Waals surface area contributed by atoms with Crippen molar-refractivity contribution in [2.75, 3.05) is 39.6 Å². The molecule has 0 unspecified atom stereocenters. The van der Waals surface area contributed by atoms with Gasteiger partial charge in [-0.3, -0.25) is 10.0 Å². The van der Waals surface area contributed by atoms with Crippen molar-refractivity contribution in [2.45, 2.75) is 17.6 Å². The highest BCUT2D eigenvalue weighted by Gasteiger charge is 2.49. The summed E-state index contributed by atoms with van der Waals surface area (Å²) in [7, 11) is -1.97. The second-order valence-electron chi connectivity index (χ2n) is 4.54. The number of hydrogen-bond donors (Lipinski definition) is 2. The van der Waals surface area contributed by atoms with E-state index in [1.165, 1.54) is 5.48 Å². The topological polar surface area (TPSA) is 95.9 Å². The summed E-state index contributed by atoms with van der Waals surface area (Å²) in [4.78, 5) is 13.7. The number of hydrogen-bond acceptors (Lipinski definition) is 6. The minimum absolute atomic E-state index is 0.182. The third-order valence-corrected chi connectivity index (χ3v) is 5.51. The van der Waals surface area contributed by atoms with Crippen LogP contribution in [0.5, 0.6) is 0 Å². The summed E-state index contributed by atoms with van der Waals surface area (Å²) in [5, 5.41) is 8.73. The summed E-state index contributed by atoms with van der Waals surface area (Å²) in [6, 6.07) is 0. The lowest BCUT2D eigenvalue weighted by Gasteiger charge is -2.38. The fourth-order valence-electron chi connectivity index (χ4n) is 2.23. The predicted octanol–water partition coefficient (Wildman–Crippen LogP) is -0.983. The molecule has 7 nitrogen and oxygen atoms in total. The predicted molar refractivity (Wildman–Crippen MR) is 65.1 cm³/mol. The van der Waals surface area contributed by atoms with Gasteiger partial charge in [0.05, 0.1) is 6.61 Å². The Hall–Kier alpha value is -0.700. The van der Waals surface area contributed by atoms with E-state index in [1.807, 2.05) is 4.90 Å². The van der Waals surface area contributed by atoms with Crippen molar-refractivity contribution in [3.8, 4) is 0 Å². The number of amides is 1. The van der Waals surface area contributed by atoms with Crippen LogP contribution in [-0.2, 0) is 19.4 Å². The van der Waals surface area contributed by atoms with E-state index < -0.39 is 20.5 Å². The number of sulfone groups is 1. The summed E-state index contributed by atoms with van der Waals surface area (Å²) in [6.07, 6.45) is 1.40. The number of ether oxygens (including phenoxy) is 1. The van der Waals surface area contributed by atoms with Gasteiger partial charge < -0.3 is 9.64 Å². The largest absolute Gasteiger partial charge is 0.383 e. The van der Waals surface area contributed by atoms with Gasteiger partial charge in [0, 0.05) is 33.0 Å². The molecule has 1 amide bonds. The molecule has 106 valence electrons. The number of nitrogens with one attached hydrogen (secondary N) is 1. The molecule has 1 saturated heterocycles. The van der Waals surface area contributed by atoms with Crippen LogP contribution in [0, 0.1) is 0 Å². The van der Waals surface area contributed by atoms with Crippen LogP contribution in [0.3, 0.4) is 0 Å². The number of rotatable bonds is 5. The zero-order valence-electron chi connectivity index (χ0n) is 10.7. The number of hydroxylamine groups is 1. The second-order valence-corrected chi connectivity index (χ2v) is 6.87. The highest BCUT2D eigenvalue weighted by atomic mass is 32.2. The maximum absolute atomic E-state index is 11.8. The van der Waals surface area contributed by atoms with Gasteiger partial charge in [0.25, 0.3) is 5.91 Å². The standard InChI is InChI=1S/C10H20N2O5S/c1-17-8-7-12-5-3-10(4-6-12,9(13)11-14)18(2,15)16/h14H,3-8H2,1-2H3,(H,11,13). The van der Waals surface area contributed by atoms with Crippen molar-refractivity contribution < 1.29 is 23.2 Å². The third-order valence-electron chi connectivity index (χ3n) is 3.50. The second kappa shape index (κ2) is 5.96. The number of carbonyl (C=O) groups excluding carboxylic acids is 1. The molecule has 0 bridgehead atoms. The van der Waals surface area contributed by atoms with Crippen LogP contribution in [0.15, 0.2) is 0 Å². The fraction of sp³-hybridized carbons (Fsp3) is 0.900. The van der Waals surface area contributed by atoms with Crippen molar-refractivity contribution in [3.05, 3.63) is 0 Å². The van der Waals surface area contributed by atoms with E-state index in [9.17, 15) is 13.2 Å². The molecular weight excluding hydrogens is 260 g/mol. The molecule has 0 aromatic heterocycles. The van der Waals surface area contributed by atoms with Crippen molar-refractivity contribution in [2.24, 2.45) is 0 Å². The highest BCUT2D eigenvalue weighted by Crippen LogP contribution is 2.30. The number of carbonyl (C=O) groups is 1. The Labute approximate surface area is 107 Å². The van der Waals surface area contributed by atoms with Crippen LogP contribution in [0.2, 0.25) is 0 Å². The lowest BCUT2D eigenvalue weighted by Crippen LogP contribution is -2.57. The summed E-state index contributed by atoms with van der Waals surface area (Å²) < 4.78 is 27.1. The summed E-state index contributed by atoms with van der Waals surface area (Å²) in [5.41, 5.74) is 1.48. The lowest BCUT2D eigenvalue weighted by molar-refractivity contribution is -0.133. The first-order valence-corrected chi connectivity index (χ1v) is 7.62. The zero-order valence-corrected chi connectivity index (χ0v) is 11.5. The Morgan fingerprint density at radius 3 is 2.39 bits per heavy atom. The Kier molecular flexibility index (Phi) is 5.09. The smallest absolute Gasteiger partial charge is 0.264 e. The van der Waals surface area contributed by atoms with Crippen LogP contribution in [0.25, 0.3) is 0 Å². The minimum atomic E-state index is -3.57. The molecule has 0 radical (unpaired) electrons. The van der Waals surface area contributed by atoms with E-state index in [0.717, 1.165) is 6.26 Å². The summed E-state index contributed by atoms with van der Waals surface area (Å²) in [6.45, 7) is 2.25. The quantitative estimate of drug-likeness (QED) is 0.496. The minimum Gasteiger partial charge on any atom is -0.383 e. The normalized spacial score (nSPS) is 20.6.